The molecule has 2 fully saturated rings. The minimum Gasteiger partial charge on any atom is -0.0125 e. The second kappa shape index (κ2) is 1.41. The zero-order valence-electron chi connectivity index (χ0n) is 4.52. The van der Waals surface area contributed by atoms with Crippen molar-refractivity contribution in [3.8, 4) is 0 Å². The van der Waals surface area contributed by atoms with E-state index in [1.807, 2.05) is 0 Å². The molecule has 2 bridgehead atoms. The molecule has 0 spiro atoms. The third-order valence-electron chi connectivity index (χ3n) is 2.10. The highest BCUT2D eigenvalue weighted by atomic mass is 32.2. The molecule has 1 heteroatoms. The maximum atomic E-state index is 1.61. The summed E-state index contributed by atoms with van der Waals surface area (Å²) in [6.45, 7) is 0. The Labute approximate surface area is 47.6 Å². The molecule has 2 aliphatic rings. The molecule has 7 heavy (non-hydrogen) atoms. The fourth-order valence-electron chi connectivity index (χ4n) is 1.58. The summed E-state index contributed by atoms with van der Waals surface area (Å²) in [6.07, 6.45) is 3.15. The lowest BCUT2D eigenvalue weighted by Crippen LogP contribution is -2.04. The van der Waals surface area contributed by atoms with Gasteiger partial charge in [-0.3, -0.25) is 0 Å². The predicted molar refractivity (Wildman–Crippen MR) is 34.7 cm³/mol. The molecule has 0 aromatic carbocycles. The minimum atomic E-state index is 0.940. The van der Waals surface area contributed by atoms with Crippen LogP contribution < -0.4 is 0 Å². The molecule has 0 nitrogen and oxygen atoms in total. The van der Waals surface area contributed by atoms with Gasteiger partial charge in [0.2, 0.25) is 0 Å². The largest absolute Gasteiger partial charge is 0.111 e. The van der Waals surface area contributed by atoms with Crippen LogP contribution in [-0.4, -0.2) is 17.3 Å². The third-order valence-corrected chi connectivity index (χ3v) is 4.67. The van der Waals surface area contributed by atoms with Gasteiger partial charge >= 0.3 is 0 Å². The smallest absolute Gasteiger partial charge is 0.0125 e. The lowest BCUT2D eigenvalue weighted by molar-refractivity contribution is 0.589. The van der Waals surface area contributed by atoms with Crippen LogP contribution in [0.2, 0.25) is 0 Å². The Hall–Kier alpha value is 0.350. The maximum Gasteiger partial charge on any atom is 0.111 e. The lowest BCUT2D eigenvalue weighted by atomic mass is 10.1. The molecule has 0 N–H and O–H groups in total. The van der Waals surface area contributed by atoms with Crippen LogP contribution in [0.4, 0.5) is 0 Å². The van der Waals surface area contributed by atoms with Crippen LogP contribution >= 0.6 is 0 Å². The third kappa shape index (κ3) is 0.584. The zero-order chi connectivity index (χ0) is 4.69. The number of hydrogen-bond donors (Lipinski definition) is 0. The normalized spacial score (nSPS) is 48.0. The van der Waals surface area contributed by atoms with Gasteiger partial charge in [0.1, 0.15) is 17.3 Å². The first-order valence-electron chi connectivity index (χ1n) is 3.09. The molecule has 0 atom stereocenters. The van der Waals surface area contributed by atoms with Crippen LogP contribution in [0, 0.1) is 5.92 Å². The molecule has 0 aromatic rings. The van der Waals surface area contributed by atoms with Crippen LogP contribution in [0.3, 0.4) is 0 Å². The molecule has 0 aliphatic carbocycles. The Bertz CT molecular complexity index is 62.2. The fourth-order valence-corrected chi connectivity index (χ4v) is 4.45. The molecule has 40 valence electrons. The SMILES string of the molecule is C1C[S+]2CCC1C2. The monoisotopic (exact) mass is 115 g/mol. The molecule has 0 unspecified atom stereocenters. The summed E-state index contributed by atoms with van der Waals surface area (Å²) in [4.78, 5) is 0. The van der Waals surface area contributed by atoms with Crippen molar-refractivity contribution >= 4 is 10.9 Å². The molecular formula is C6H11S+. The molecule has 0 amide bonds. The van der Waals surface area contributed by atoms with E-state index in [1.165, 1.54) is 5.92 Å². The van der Waals surface area contributed by atoms with Gasteiger partial charge in [0.15, 0.2) is 0 Å². The van der Waals surface area contributed by atoms with E-state index in [1.54, 1.807) is 30.1 Å². The van der Waals surface area contributed by atoms with Crippen LogP contribution in [-0.2, 0) is 10.9 Å². The second-order valence-electron chi connectivity index (χ2n) is 2.63. The molecule has 0 radical (unpaired) electrons. The highest BCUT2D eigenvalue weighted by molar-refractivity contribution is 7.97. The molecule has 0 aromatic heterocycles. The summed E-state index contributed by atoms with van der Waals surface area (Å²) in [5.41, 5.74) is 0. The van der Waals surface area contributed by atoms with Gasteiger partial charge in [-0.15, -0.1) is 0 Å². The van der Waals surface area contributed by atoms with Crippen molar-refractivity contribution in [2.45, 2.75) is 12.8 Å². The molecule has 2 rings (SSSR count). The van der Waals surface area contributed by atoms with Crippen molar-refractivity contribution in [1.29, 1.82) is 0 Å². The number of fused-ring (bicyclic) bond motifs is 2. The fraction of sp³-hybridized carbons (Fsp3) is 1.00. The van der Waals surface area contributed by atoms with Gasteiger partial charge in [0.25, 0.3) is 0 Å². The first-order chi connectivity index (χ1) is 3.45. The van der Waals surface area contributed by atoms with E-state index >= 15 is 0 Å². The first-order valence-corrected chi connectivity index (χ1v) is 4.82. The molecule has 2 aliphatic heterocycles. The van der Waals surface area contributed by atoms with Crippen molar-refractivity contribution in [2.24, 2.45) is 5.92 Å². The highest BCUT2D eigenvalue weighted by Crippen LogP contribution is 2.31. The average Bonchev–Trinajstić information content (AvgIpc) is 2.22. The highest BCUT2D eigenvalue weighted by Gasteiger charge is 2.39. The van der Waals surface area contributed by atoms with Crippen LogP contribution in [0.15, 0.2) is 0 Å². The zero-order valence-corrected chi connectivity index (χ0v) is 5.34. The van der Waals surface area contributed by atoms with E-state index in [4.69, 9.17) is 0 Å². The summed E-state index contributed by atoms with van der Waals surface area (Å²) < 4.78 is 0. The summed E-state index contributed by atoms with van der Waals surface area (Å²) in [7, 11) is 0.940. The van der Waals surface area contributed by atoms with E-state index in [0.29, 0.717) is 0 Å². The summed E-state index contributed by atoms with van der Waals surface area (Å²) in [6, 6.07) is 0. The van der Waals surface area contributed by atoms with Gasteiger partial charge in [0.05, 0.1) is 0 Å². The topological polar surface area (TPSA) is 0 Å². The quantitative estimate of drug-likeness (QED) is 0.414. The summed E-state index contributed by atoms with van der Waals surface area (Å²) >= 11 is 0. The van der Waals surface area contributed by atoms with Crippen LogP contribution in [0.25, 0.3) is 0 Å². The first kappa shape index (κ1) is 4.25. The van der Waals surface area contributed by atoms with Gasteiger partial charge in [0, 0.05) is 5.92 Å². The molecular weight excluding hydrogens is 104 g/mol. The van der Waals surface area contributed by atoms with E-state index < -0.39 is 0 Å². The minimum absolute atomic E-state index is 0.940. The van der Waals surface area contributed by atoms with Crippen molar-refractivity contribution in [3.05, 3.63) is 0 Å². The standard InChI is InChI=1S/C6H11S/c1-3-7-4-2-6(1)5-7/h6H,1-5H2/q+1. The van der Waals surface area contributed by atoms with Gasteiger partial charge in [-0.1, -0.05) is 0 Å². The van der Waals surface area contributed by atoms with E-state index in [9.17, 15) is 0 Å². The van der Waals surface area contributed by atoms with Crippen LogP contribution in [0.5, 0.6) is 0 Å². The van der Waals surface area contributed by atoms with E-state index in [0.717, 1.165) is 10.9 Å². The Morgan fingerprint density at radius 3 is 2.00 bits per heavy atom. The van der Waals surface area contributed by atoms with Crippen molar-refractivity contribution in [3.63, 3.8) is 0 Å². The van der Waals surface area contributed by atoms with Crippen molar-refractivity contribution in [1.82, 2.24) is 0 Å². The van der Waals surface area contributed by atoms with Crippen molar-refractivity contribution in [2.75, 3.05) is 17.3 Å². The average molecular weight is 115 g/mol. The Kier molecular flexibility index (Phi) is 0.857. The lowest BCUT2D eigenvalue weighted by Gasteiger charge is -1.96. The van der Waals surface area contributed by atoms with Crippen LogP contribution in [0.1, 0.15) is 12.8 Å². The van der Waals surface area contributed by atoms with Gasteiger partial charge in [-0.05, 0) is 23.7 Å². The molecule has 2 saturated heterocycles. The predicted octanol–water partition coefficient (Wildman–Crippen LogP) is 1.03. The Balaban J connectivity index is 2.12. The van der Waals surface area contributed by atoms with E-state index in [-0.39, 0.29) is 0 Å². The second-order valence-corrected chi connectivity index (χ2v) is 5.01. The summed E-state index contributed by atoms with van der Waals surface area (Å²) in [5, 5.41) is 0. The Morgan fingerprint density at radius 2 is 1.86 bits per heavy atom. The Morgan fingerprint density at radius 1 is 1.14 bits per heavy atom. The maximum absolute atomic E-state index is 1.61. The molecule has 2 heterocycles. The number of rotatable bonds is 0. The molecule has 0 saturated carbocycles. The van der Waals surface area contributed by atoms with E-state index in [2.05, 4.69) is 0 Å². The van der Waals surface area contributed by atoms with Gasteiger partial charge in [-0.25, -0.2) is 0 Å². The van der Waals surface area contributed by atoms with Crippen molar-refractivity contribution < 1.29 is 0 Å². The van der Waals surface area contributed by atoms with Gasteiger partial charge in [-0.2, -0.15) is 0 Å². The summed E-state index contributed by atoms with van der Waals surface area (Å²) in [5.74, 6) is 5.97. The number of hydrogen-bond acceptors (Lipinski definition) is 0. The van der Waals surface area contributed by atoms with Gasteiger partial charge < -0.3 is 0 Å².